The zero-order valence-corrected chi connectivity index (χ0v) is 8.05. The van der Waals surface area contributed by atoms with Crippen LogP contribution < -0.4 is 0 Å². The smallest absolute Gasteiger partial charge is 0.203 e. The topological polar surface area (TPSA) is 46.3 Å². The van der Waals surface area contributed by atoms with Gasteiger partial charge in [-0.1, -0.05) is 6.92 Å². The van der Waals surface area contributed by atoms with Crippen molar-refractivity contribution < 1.29 is 18.3 Å². The first-order valence-electron chi connectivity index (χ1n) is 4.54. The molecule has 0 aliphatic rings. The van der Waals surface area contributed by atoms with Crippen molar-refractivity contribution in [3.63, 3.8) is 0 Å². The lowest BCUT2D eigenvalue weighted by Crippen LogP contribution is -1.94. The normalized spacial score (nSPS) is 11.2. The van der Waals surface area contributed by atoms with Crippen LogP contribution in [0.25, 0.3) is 11.1 Å². The van der Waals surface area contributed by atoms with Crippen LogP contribution in [-0.2, 0) is 13.0 Å². The van der Waals surface area contributed by atoms with E-state index in [9.17, 15) is 8.78 Å². The van der Waals surface area contributed by atoms with Gasteiger partial charge in [-0.15, -0.1) is 0 Å². The number of aromatic nitrogens is 1. The number of fused-ring (bicyclic) bond motifs is 1. The van der Waals surface area contributed by atoms with Crippen molar-refractivity contribution in [3.8, 4) is 0 Å². The number of aliphatic hydroxyl groups is 1. The molecule has 80 valence electrons. The zero-order chi connectivity index (χ0) is 11.0. The molecule has 0 aliphatic heterocycles. The van der Waals surface area contributed by atoms with E-state index in [-0.39, 0.29) is 16.7 Å². The standard InChI is InChI=1S/C10H9F2NO2/c1-2-7-13-6-3-5(4-14)8(11)9(12)10(6)15-7/h3,14H,2,4H2,1H3. The minimum absolute atomic E-state index is 0.115. The maximum absolute atomic E-state index is 13.4. The highest BCUT2D eigenvalue weighted by atomic mass is 19.2. The van der Waals surface area contributed by atoms with Gasteiger partial charge < -0.3 is 9.52 Å². The molecule has 1 N–H and O–H groups in total. The number of nitrogens with zero attached hydrogens (tertiary/aromatic N) is 1. The molecule has 0 amide bonds. The first-order valence-corrected chi connectivity index (χ1v) is 4.54. The summed E-state index contributed by atoms with van der Waals surface area (Å²) in [5, 5.41) is 8.80. The molecule has 0 unspecified atom stereocenters. The third-order valence-corrected chi connectivity index (χ3v) is 2.16. The van der Waals surface area contributed by atoms with Gasteiger partial charge in [-0.3, -0.25) is 0 Å². The molecular weight excluding hydrogens is 204 g/mol. The van der Waals surface area contributed by atoms with Gasteiger partial charge in [0.1, 0.15) is 5.52 Å². The molecule has 1 heterocycles. The lowest BCUT2D eigenvalue weighted by Gasteiger charge is -1.99. The molecule has 0 spiro atoms. The molecule has 0 fully saturated rings. The van der Waals surface area contributed by atoms with Crippen LogP contribution in [0.5, 0.6) is 0 Å². The summed E-state index contributed by atoms with van der Waals surface area (Å²) in [7, 11) is 0. The Hall–Kier alpha value is -1.49. The number of rotatable bonds is 2. The van der Waals surface area contributed by atoms with E-state index in [0.29, 0.717) is 12.3 Å². The van der Waals surface area contributed by atoms with Gasteiger partial charge in [-0.2, -0.15) is 4.39 Å². The van der Waals surface area contributed by atoms with Crippen molar-refractivity contribution in [2.24, 2.45) is 0 Å². The highest BCUT2D eigenvalue weighted by Gasteiger charge is 2.17. The monoisotopic (exact) mass is 213 g/mol. The fraction of sp³-hybridized carbons (Fsp3) is 0.300. The number of hydrogen-bond donors (Lipinski definition) is 1. The van der Waals surface area contributed by atoms with Crippen LogP contribution >= 0.6 is 0 Å². The molecular formula is C10H9F2NO2. The van der Waals surface area contributed by atoms with Gasteiger partial charge in [0.05, 0.1) is 6.61 Å². The number of aliphatic hydroxyl groups excluding tert-OH is 1. The molecule has 0 aliphatic carbocycles. The summed E-state index contributed by atoms with van der Waals surface area (Å²) in [6.45, 7) is 1.24. The van der Waals surface area contributed by atoms with E-state index in [1.165, 1.54) is 6.07 Å². The summed E-state index contributed by atoms with van der Waals surface area (Å²) >= 11 is 0. The molecule has 1 aromatic heterocycles. The Morgan fingerprint density at radius 2 is 2.13 bits per heavy atom. The van der Waals surface area contributed by atoms with E-state index < -0.39 is 18.2 Å². The number of hydrogen-bond acceptors (Lipinski definition) is 3. The summed E-state index contributed by atoms with van der Waals surface area (Å²) in [5.74, 6) is -1.83. The summed E-state index contributed by atoms with van der Waals surface area (Å²) in [6.07, 6.45) is 0.504. The summed E-state index contributed by atoms with van der Waals surface area (Å²) in [5.41, 5.74) is -0.0766. The Morgan fingerprint density at radius 3 is 2.73 bits per heavy atom. The molecule has 2 aromatic rings. The molecule has 5 heteroatoms. The molecule has 2 rings (SSSR count). The molecule has 0 saturated carbocycles. The van der Waals surface area contributed by atoms with Crippen LogP contribution in [0.1, 0.15) is 18.4 Å². The van der Waals surface area contributed by atoms with Gasteiger partial charge in [-0.25, -0.2) is 9.37 Å². The maximum atomic E-state index is 13.4. The van der Waals surface area contributed by atoms with Gasteiger partial charge in [0.25, 0.3) is 0 Å². The minimum atomic E-state index is -1.09. The van der Waals surface area contributed by atoms with Gasteiger partial charge in [0.15, 0.2) is 17.3 Å². The number of halogens is 2. The molecule has 15 heavy (non-hydrogen) atoms. The largest absolute Gasteiger partial charge is 0.437 e. The van der Waals surface area contributed by atoms with Crippen molar-refractivity contribution in [2.75, 3.05) is 0 Å². The van der Waals surface area contributed by atoms with E-state index in [0.717, 1.165) is 0 Å². The lowest BCUT2D eigenvalue weighted by atomic mass is 10.2. The second-order valence-electron chi connectivity index (χ2n) is 3.13. The van der Waals surface area contributed by atoms with E-state index in [1.54, 1.807) is 6.92 Å². The molecule has 0 saturated heterocycles. The average Bonchev–Trinajstić information content (AvgIpc) is 2.66. The SMILES string of the molecule is CCc1nc2cc(CO)c(F)c(F)c2o1. The second kappa shape index (κ2) is 3.58. The first kappa shape index (κ1) is 10.0. The van der Waals surface area contributed by atoms with Gasteiger partial charge in [0, 0.05) is 12.0 Å². The van der Waals surface area contributed by atoms with Crippen LogP contribution in [0, 0.1) is 11.6 Å². The molecule has 1 aromatic carbocycles. The third-order valence-electron chi connectivity index (χ3n) is 2.16. The van der Waals surface area contributed by atoms with E-state index in [1.807, 2.05) is 0 Å². The predicted molar refractivity (Wildman–Crippen MR) is 49.2 cm³/mol. The number of aryl methyl sites for hydroxylation is 1. The third kappa shape index (κ3) is 1.48. The van der Waals surface area contributed by atoms with Crippen LogP contribution in [0.2, 0.25) is 0 Å². The van der Waals surface area contributed by atoms with Crippen LogP contribution in [-0.4, -0.2) is 10.1 Å². The maximum Gasteiger partial charge on any atom is 0.203 e. The highest BCUT2D eigenvalue weighted by molar-refractivity contribution is 5.74. The number of oxazole rings is 1. The van der Waals surface area contributed by atoms with Crippen LogP contribution in [0.15, 0.2) is 10.5 Å². The Morgan fingerprint density at radius 1 is 1.40 bits per heavy atom. The fourth-order valence-corrected chi connectivity index (χ4v) is 1.37. The first-order chi connectivity index (χ1) is 7.17. The predicted octanol–water partition coefficient (Wildman–Crippen LogP) is 2.16. The Bertz CT molecular complexity index is 508. The van der Waals surface area contributed by atoms with Crippen molar-refractivity contribution in [3.05, 3.63) is 29.2 Å². The van der Waals surface area contributed by atoms with Crippen LogP contribution in [0.3, 0.4) is 0 Å². The Labute approximate surface area is 84.3 Å². The Balaban J connectivity index is 2.75. The lowest BCUT2D eigenvalue weighted by molar-refractivity contribution is 0.273. The van der Waals surface area contributed by atoms with Crippen molar-refractivity contribution in [1.82, 2.24) is 4.98 Å². The van der Waals surface area contributed by atoms with Crippen molar-refractivity contribution >= 4 is 11.1 Å². The minimum Gasteiger partial charge on any atom is -0.437 e. The van der Waals surface area contributed by atoms with E-state index in [4.69, 9.17) is 9.52 Å². The molecule has 3 nitrogen and oxygen atoms in total. The molecule has 0 radical (unpaired) electrons. The van der Waals surface area contributed by atoms with E-state index >= 15 is 0 Å². The van der Waals surface area contributed by atoms with Gasteiger partial charge in [-0.05, 0) is 6.07 Å². The van der Waals surface area contributed by atoms with Crippen molar-refractivity contribution in [1.29, 1.82) is 0 Å². The highest BCUT2D eigenvalue weighted by Crippen LogP contribution is 2.24. The molecule has 0 bridgehead atoms. The van der Waals surface area contributed by atoms with Gasteiger partial charge >= 0.3 is 0 Å². The Kier molecular flexibility index (Phi) is 2.40. The molecule has 0 atom stereocenters. The second-order valence-corrected chi connectivity index (χ2v) is 3.13. The summed E-state index contributed by atoms with van der Waals surface area (Å²) in [4.78, 5) is 3.96. The van der Waals surface area contributed by atoms with Crippen molar-refractivity contribution in [2.45, 2.75) is 20.0 Å². The number of benzene rings is 1. The van der Waals surface area contributed by atoms with E-state index in [2.05, 4.69) is 4.98 Å². The average molecular weight is 213 g/mol. The van der Waals surface area contributed by atoms with Gasteiger partial charge in [0.2, 0.25) is 5.82 Å². The summed E-state index contributed by atoms with van der Waals surface area (Å²) in [6, 6.07) is 1.29. The quantitative estimate of drug-likeness (QED) is 0.831. The van der Waals surface area contributed by atoms with Crippen LogP contribution in [0.4, 0.5) is 8.78 Å². The fourth-order valence-electron chi connectivity index (χ4n) is 1.37. The zero-order valence-electron chi connectivity index (χ0n) is 8.05. The summed E-state index contributed by atoms with van der Waals surface area (Å²) < 4.78 is 31.6.